The molecule has 2 N–H and O–H groups in total. The van der Waals surface area contributed by atoms with Crippen molar-refractivity contribution in [1.29, 1.82) is 0 Å². The average molecular weight is 627 g/mol. The van der Waals surface area contributed by atoms with Crippen molar-refractivity contribution in [2.75, 3.05) is 44.0 Å². The maximum absolute atomic E-state index is 13.1. The summed E-state index contributed by atoms with van der Waals surface area (Å²) >= 11 is 8.93. The number of fused-ring (bicyclic) bond motifs is 1. The molecule has 1 aliphatic rings. The zero-order valence-corrected chi connectivity index (χ0v) is 23.8. The Morgan fingerprint density at radius 2 is 2.00 bits per heavy atom. The first-order valence-electron chi connectivity index (χ1n) is 12.0. The minimum Gasteiger partial charge on any atom is -0.484 e. The predicted octanol–water partition coefficient (Wildman–Crippen LogP) is 4.43. The fraction of sp³-hybridized carbons (Fsp3) is 0.480. The molecule has 1 atom stereocenters. The number of halogens is 2. The molecular formula is C25H32ClIN6O3. The number of aromatic nitrogens is 3. The molecule has 4 rings (SSSR count). The Morgan fingerprint density at radius 1 is 1.28 bits per heavy atom. The molecule has 36 heavy (non-hydrogen) atoms. The van der Waals surface area contributed by atoms with Crippen LogP contribution in [0.25, 0.3) is 10.9 Å². The van der Waals surface area contributed by atoms with Gasteiger partial charge in [0.15, 0.2) is 11.6 Å². The molecule has 0 radical (unpaired) electrons. The van der Waals surface area contributed by atoms with E-state index in [0.29, 0.717) is 20.7 Å². The summed E-state index contributed by atoms with van der Waals surface area (Å²) in [7, 11) is 3.49. The number of pyridine rings is 1. The van der Waals surface area contributed by atoms with Crippen molar-refractivity contribution < 1.29 is 9.84 Å². The van der Waals surface area contributed by atoms with Crippen molar-refractivity contribution in [2.24, 2.45) is 0 Å². The number of rotatable bonds is 8. The molecule has 1 saturated heterocycles. The fourth-order valence-corrected chi connectivity index (χ4v) is 4.81. The van der Waals surface area contributed by atoms with Gasteiger partial charge in [-0.2, -0.15) is 4.98 Å². The molecule has 194 valence electrons. The highest BCUT2D eigenvalue weighted by Gasteiger charge is 2.20. The number of piperidine rings is 1. The molecule has 0 aliphatic carbocycles. The highest BCUT2D eigenvalue weighted by molar-refractivity contribution is 14.1. The lowest BCUT2D eigenvalue weighted by molar-refractivity contribution is 0.00141. The zero-order chi connectivity index (χ0) is 26.0. The average Bonchev–Trinajstić information content (AvgIpc) is 2.84. The fourth-order valence-electron chi connectivity index (χ4n) is 4.11. The number of hydrogen-bond acceptors (Lipinski definition) is 8. The minimum atomic E-state index is -0.822. The lowest BCUT2D eigenvalue weighted by Gasteiger charge is -2.29. The number of nitrogens with one attached hydrogen (secondary N) is 1. The standard InChI is InChI=1S/C25H32ClIN6O3/c1-15(2)33-20-6-5-18(11-16(20)12-21(24(33)35)36-14-22(34)31(3)4)29-23-19(26)13-28-25(30-23)32-9-7-17(27)8-10-32/h5-6,11-13,15,17,22,34H,7-10,14H2,1-4H3,(H,28,29,30). The molecule has 3 aromatic rings. The van der Waals surface area contributed by atoms with Gasteiger partial charge in [0.25, 0.3) is 5.56 Å². The third kappa shape index (κ3) is 6.04. The first-order valence-corrected chi connectivity index (χ1v) is 13.6. The summed E-state index contributed by atoms with van der Waals surface area (Å²) in [6.45, 7) is 5.73. The van der Waals surface area contributed by atoms with Crippen LogP contribution >= 0.6 is 34.2 Å². The van der Waals surface area contributed by atoms with E-state index in [0.717, 1.165) is 42.5 Å². The molecule has 0 bridgehead atoms. The quantitative estimate of drug-likeness (QED) is 0.216. The van der Waals surface area contributed by atoms with Gasteiger partial charge < -0.3 is 24.6 Å². The van der Waals surface area contributed by atoms with Crippen molar-refractivity contribution in [3.05, 3.63) is 45.8 Å². The highest BCUT2D eigenvalue weighted by Crippen LogP contribution is 2.29. The van der Waals surface area contributed by atoms with Crippen molar-refractivity contribution in [3.63, 3.8) is 0 Å². The lowest BCUT2D eigenvalue weighted by Crippen LogP contribution is -2.35. The molecule has 9 nitrogen and oxygen atoms in total. The van der Waals surface area contributed by atoms with E-state index in [1.54, 1.807) is 35.8 Å². The normalized spacial score (nSPS) is 15.6. The molecule has 1 aliphatic heterocycles. The number of alkyl halides is 1. The number of hydrogen-bond donors (Lipinski definition) is 2. The van der Waals surface area contributed by atoms with E-state index in [9.17, 15) is 9.90 Å². The molecule has 0 saturated carbocycles. The number of benzene rings is 1. The van der Waals surface area contributed by atoms with Gasteiger partial charge in [-0.3, -0.25) is 9.69 Å². The van der Waals surface area contributed by atoms with Gasteiger partial charge in [0.1, 0.15) is 17.9 Å². The number of anilines is 3. The number of likely N-dealkylation sites (N-methyl/N-ethyl adjacent to an activating group) is 1. The van der Waals surface area contributed by atoms with Crippen molar-refractivity contribution >= 4 is 62.5 Å². The largest absolute Gasteiger partial charge is 0.484 e. The number of aliphatic hydroxyl groups is 1. The van der Waals surface area contributed by atoms with Gasteiger partial charge in [-0.1, -0.05) is 34.2 Å². The molecule has 11 heteroatoms. The van der Waals surface area contributed by atoms with Crippen LogP contribution in [-0.2, 0) is 0 Å². The Balaban J connectivity index is 1.65. The third-order valence-corrected chi connectivity index (χ3v) is 7.73. The second-order valence-corrected chi connectivity index (χ2v) is 11.6. The number of aliphatic hydroxyl groups excluding tert-OH is 1. The summed E-state index contributed by atoms with van der Waals surface area (Å²) in [5.41, 5.74) is 1.33. The van der Waals surface area contributed by atoms with Gasteiger partial charge in [0, 0.05) is 34.1 Å². The van der Waals surface area contributed by atoms with Crippen LogP contribution < -0.4 is 20.5 Å². The maximum Gasteiger partial charge on any atom is 0.293 e. The first kappa shape index (κ1) is 26.9. The van der Waals surface area contributed by atoms with Gasteiger partial charge in [0.2, 0.25) is 5.95 Å². The second-order valence-electron chi connectivity index (χ2n) is 9.46. The van der Waals surface area contributed by atoms with Crippen LogP contribution in [-0.4, -0.2) is 68.5 Å². The summed E-state index contributed by atoms with van der Waals surface area (Å²) in [5.74, 6) is 1.38. The first-order chi connectivity index (χ1) is 17.1. The Hall–Kier alpha value is -2.15. The third-order valence-electron chi connectivity index (χ3n) is 6.21. The van der Waals surface area contributed by atoms with Gasteiger partial charge in [-0.25, -0.2) is 4.98 Å². The van der Waals surface area contributed by atoms with Crippen LogP contribution in [0, 0.1) is 0 Å². The molecule has 1 unspecified atom stereocenters. The Labute approximate surface area is 229 Å². The predicted molar refractivity (Wildman–Crippen MR) is 153 cm³/mol. The summed E-state index contributed by atoms with van der Waals surface area (Å²) in [6.07, 6.45) is 3.01. The Bertz CT molecular complexity index is 1280. The van der Waals surface area contributed by atoms with E-state index in [1.165, 1.54) is 0 Å². The summed E-state index contributed by atoms with van der Waals surface area (Å²) in [4.78, 5) is 26.1. The van der Waals surface area contributed by atoms with E-state index in [1.807, 2.05) is 32.0 Å². The number of nitrogens with zero attached hydrogens (tertiary/aromatic N) is 5. The van der Waals surface area contributed by atoms with Crippen LogP contribution in [0.2, 0.25) is 5.02 Å². The smallest absolute Gasteiger partial charge is 0.293 e. The lowest BCUT2D eigenvalue weighted by atomic mass is 10.1. The topological polar surface area (TPSA) is 95.8 Å². The molecule has 0 amide bonds. The molecule has 0 spiro atoms. The zero-order valence-electron chi connectivity index (χ0n) is 20.9. The molecular weight excluding hydrogens is 595 g/mol. The summed E-state index contributed by atoms with van der Waals surface area (Å²) in [5, 5.41) is 14.6. The second kappa shape index (κ2) is 11.5. The molecule has 1 fully saturated rings. The van der Waals surface area contributed by atoms with Crippen LogP contribution in [0.15, 0.2) is 35.3 Å². The van der Waals surface area contributed by atoms with Crippen LogP contribution in [0.3, 0.4) is 0 Å². The van der Waals surface area contributed by atoms with Crippen LogP contribution in [0.1, 0.15) is 32.7 Å². The maximum atomic E-state index is 13.1. The SMILES string of the molecule is CC(C)n1c(=O)c(OCC(O)N(C)C)cc2cc(Nc3nc(N4CCC(I)CC4)ncc3Cl)ccc21. The molecule has 3 heterocycles. The van der Waals surface area contributed by atoms with Crippen molar-refractivity contribution in [2.45, 2.75) is 42.9 Å². The van der Waals surface area contributed by atoms with Crippen molar-refractivity contribution in [1.82, 2.24) is 19.4 Å². The van der Waals surface area contributed by atoms with Gasteiger partial charge in [-0.05, 0) is 65.0 Å². The Kier molecular flexibility index (Phi) is 8.59. The highest BCUT2D eigenvalue weighted by atomic mass is 127. The molecule has 2 aromatic heterocycles. The summed E-state index contributed by atoms with van der Waals surface area (Å²) in [6, 6.07) is 7.37. The van der Waals surface area contributed by atoms with E-state index in [-0.39, 0.29) is 24.0 Å². The van der Waals surface area contributed by atoms with E-state index in [4.69, 9.17) is 21.3 Å². The van der Waals surface area contributed by atoms with E-state index >= 15 is 0 Å². The van der Waals surface area contributed by atoms with Gasteiger partial charge in [0.05, 0.1) is 11.7 Å². The number of ether oxygens (including phenoxy) is 1. The van der Waals surface area contributed by atoms with E-state index in [2.05, 4.69) is 37.8 Å². The molecule has 1 aromatic carbocycles. The minimum absolute atomic E-state index is 0.0160. The summed E-state index contributed by atoms with van der Waals surface area (Å²) < 4.78 is 8.12. The monoisotopic (exact) mass is 626 g/mol. The van der Waals surface area contributed by atoms with Gasteiger partial charge >= 0.3 is 0 Å². The van der Waals surface area contributed by atoms with Crippen molar-refractivity contribution in [3.8, 4) is 5.75 Å². The van der Waals surface area contributed by atoms with Crippen LogP contribution in [0.5, 0.6) is 5.75 Å². The van der Waals surface area contributed by atoms with Gasteiger partial charge in [-0.15, -0.1) is 0 Å². The Morgan fingerprint density at radius 3 is 2.67 bits per heavy atom. The van der Waals surface area contributed by atoms with E-state index < -0.39 is 6.23 Å². The van der Waals surface area contributed by atoms with Crippen LogP contribution in [0.4, 0.5) is 17.5 Å².